The summed E-state index contributed by atoms with van der Waals surface area (Å²) in [4.78, 5) is 16.0. The van der Waals surface area contributed by atoms with Crippen molar-refractivity contribution in [2.75, 3.05) is 37.7 Å². The number of hydrogen-bond acceptors (Lipinski definition) is 4. The Bertz CT molecular complexity index is 541. The maximum atomic E-state index is 11.9. The third-order valence-electron chi connectivity index (χ3n) is 4.54. The van der Waals surface area contributed by atoms with Crippen molar-refractivity contribution in [1.82, 2.24) is 4.90 Å². The van der Waals surface area contributed by atoms with E-state index in [4.69, 9.17) is 4.74 Å². The van der Waals surface area contributed by atoms with Gasteiger partial charge in [-0.15, -0.1) is 0 Å². The number of rotatable bonds is 5. The zero-order valence-corrected chi connectivity index (χ0v) is 13.1. The number of anilines is 1. The summed E-state index contributed by atoms with van der Waals surface area (Å²) in [5.41, 5.74) is 1.63. The lowest BCUT2D eigenvalue weighted by Crippen LogP contribution is -2.38. The first-order valence-electron chi connectivity index (χ1n) is 8.16. The fraction of sp³-hybridized carbons (Fsp3) is 0.588. The quantitative estimate of drug-likeness (QED) is 0.903. The molecule has 2 aliphatic heterocycles. The van der Waals surface area contributed by atoms with E-state index in [2.05, 4.69) is 4.90 Å². The van der Waals surface area contributed by atoms with Gasteiger partial charge in [0.25, 0.3) is 5.91 Å². The number of likely N-dealkylation sites (tertiary alicyclic amines) is 1. The molecule has 0 saturated carbocycles. The van der Waals surface area contributed by atoms with Crippen molar-refractivity contribution in [3.05, 3.63) is 23.8 Å². The number of fused-ring (bicyclic) bond motifs is 1. The fourth-order valence-electron chi connectivity index (χ4n) is 3.25. The number of amides is 1. The van der Waals surface area contributed by atoms with Gasteiger partial charge in [-0.05, 0) is 57.0 Å². The first kappa shape index (κ1) is 15.3. The van der Waals surface area contributed by atoms with E-state index in [1.165, 1.54) is 12.8 Å². The van der Waals surface area contributed by atoms with E-state index >= 15 is 0 Å². The second-order valence-electron chi connectivity index (χ2n) is 6.01. The van der Waals surface area contributed by atoms with Crippen molar-refractivity contribution in [3.8, 4) is 5.75 Å². The molecule has 1 unspecified atom stereocenters. The number of ether oxygens (including phenoxy) is 1. The Morgan fingerprint density at radius 3 is 2.82 bits per heavy atom. The third-order valence-corrected chi connectivity index (χ3v) is 4.54. The smallest absolute Gasteiger partial charge is 0.265 e. The van der Waals surface area contributed by atoms with Crippen molar-refractivity contribution in [2.45, 2.75) is 32.3 Å². The summed E-state index contributed by atoms with van der Waals surface area (Å²) in [6, 6.07) is 5.65. The molecule has 1 N–H and O–H groups in total. The highest BCUT2D eigenvalue weighted by Gasteiger charge is 2.25. The van der Waals surface area contributed by atoms with Gasteiger partial charge in [0, 0.05) is 13.1 Å². The van der Waals surface area contributed by atoms with E-state index < -0.39 is 6.10 Å². The van der Waals surface area contributed by atoms with E-state index in [0.717, 1.165) is 43.1 Å². The van der Waals surface area contributed by atoms with Crippen LogP contribution in [0.3, 0.4) is 0 Å². The van der Waals surface area contributed by atoms with Crippen molar-refractivity contribution >= 4 is 11.6 Å². The molecule has 3 rings (SSSR count). The van der Waals surface area contributed by atoms with E-state index in [1.807, 2.05) is 25.1 Å². The van der Waals surface area contributed by atoms with Gasteiger partial charge >= 0.3 is 0 Å². The number of likely N-dealkylation sites (N-methyl/N-ethyl adjacent to an activating group) is 1. The molecule has 0 aromatic heterocycles. The van der Waals surface area contributed by atoms with Crippen LogP contribution in [0.2, 0.25) is 0 Å². The molecule has 0 radical (unpaired) electrons. The molecule has 1 aromatic carbocycles. The summed E-state index contributed by atoms with van der Waals surface area (Å²) in [5.74, 6) is 0.690. The topological polar surface area (TPSA) is 53.0 Å². The Morgan fingerprint density at radius 1 is 1.32 bits per heavy atom. The molecule has 22 heavy (non-hydrogen) atoms. The number of aliphatic hydroxyl groups excluding tert-OH is 1. The largest absolute Gasteiger partial charge is 0.482 e. The summed E-state index contributed by atoms with van der Waals surface area (Å²) >= 11 is 0. The number of aliphatic hydroxyl groups is 1. The molecule has 1 aromatic rings. The van der Waals surface area contributed by atoms with Gasteiger partial charge in [0.15, 0.2) is 6.61 Å². The molecule has 0 spiro atoms. The first-order chi connectivity index (χ1) is 10.7. The summed E-state index contributed by atoms with van der Waals surface area (Å²) in [6.07, 6.45) is 2.75. The molecule has 1 amide bonds. The first-order valence-corrected chi connectivity index (χ1v) is 8.16. The monoisotopic (exact) mass is 304 g/mol. The second-order valence-corrected chi connectivity index (χ2v) is 6.01. The van der Waals surface area contributed by atoms with Gasteiger partial charge in [-0.1, -0.05) is 6.07 Å². The van der Waals surface area contributed by atoms with Crippen LogP contribution >= 0.6 is 0 Å². The van der Waals surface area contributed by atoms with Crippen LogP contribution < -0.4 is 9.64 Å². The Hall–Kier alpha value is -1.59. The molecule has 5 nitrogen and oxygen atoms in total. The number of hydrogen-bond donors (Lipinski definition) is 1. The van der Waals surface area contributed by atoms with Gasteiger partial charge < -0.3 is 19.6 Å². The van der Waals surface area contributed by atoms with Crippen LogP contribution in [0.5, 0.6) is 5.75 Å². The number of benzene rings is 1. The summed E-state index contributed by atoms with van der Waals surface area (Å²) < 4.78 is 5.46. The van der Waals surface area contributed by atoms with Gasteiger partial charge in [-0.3, -0.25) is 4.79 Å². The van der Waals surface area contributed by atoms with Crippen LogP contribution in [-0.4, -0.2) is 48.7 Å². The minimum Gasteiger partial charge on any atom is -0.482 e. The Labute approximate surface area is 131 Å². The number of carbonyl (C=O) groups excluding carboxylic acids is 1. The fourth-order valence-corrected chi connectivity index (χ4v) is 3.25. The highest BCUT2D eigenvalue weighted by molar-refractivity contribution is 5.97. The van der Waals surface area contributed by atoms with Crippen LogP contribution in [0, 0.1) is 0 Å². The molecule has 2 aliphatic rings. The Morgan fingerprint density at radius 2 is 2.09 bits per heavy atom. The van der Waals surface area contributed by atoms with E-state index in [9.17, 15) is 9.90 Å². The maximum absolute atomic E-state index is 11.9. The normalized spacial score (nSPS) is 19.9. The molecular weight excluding hydrogens is 280 g/mol. The molecule has 1 fully saturated rings. The number of nitrogens with zero attached hydrogens (tertiary/aromatic N) is 2. The summed E-state index contributed by atoms with van der Waals surface area (Å²) in [7, 11) is 0. The zero-order chi connectivity index (χ0) is 15.5. The predicted octanol–water partition coefficient (Wildman–Crippen LogP) is 1.95. The van der Waals surface area contributed by atoms with Gasteiger partial charge in [0.2, 0.25) is 0 Å². The molecule has 1 atom stereocenters. The highest BCUT2D eigenvalue weighted by atomic mass is 16.5. The SMILES string of the molecule is CCN1C(=O)COc2ccc(C(O)CCN3CCCC3)cc21. The standard InChI is InChI=1S/C17H24N2O3/c1-2-19-14-11-13(5-6-16(14)22-12-17(19)21)15(20)7-10-18-8-3-4-9-18/h5-6,11,15,20H,2-4,7-10,12H2,1H3. The molecule has 0 aliphatic carbocycles. The minimum absolute atomic E-state index is 0.0290. The lowest BCUT2D eigenvalue weighted by molar-refractivity contribution is -0.121. The van der Waals surface area contributed by atoms with Gasteiger partial charge in [-0.2, -0.15) is 0 Å². The Balaban J connectivity index is 1.71. The summed E-state index contributed by atoms with van der Waals surface area (Å²) in [5, 5.41) is 10.4. The average molecular weight is 304 g/mol. The van der Waals surface area contributed by atoms with Crippen LogP contribution in [0.15, 0.2) is 18.2 Å². The zero-order valence-electron chi connectivity index (χ0n) is 13.1. The average Bonchev–Trinajstić information content (AvgIpc) is 3.05. The molecule has 5 heteroatoms. The Kier molecular flexibility index (Phi) is 4.64. The minimum atomic E-state index is -0.498. The van der Waals surface area contributed by atoms with Gasteiger partial charge in [-0.25, -0.2) is 0 Å². The van der Waals surface area contributed by atoms with Crippen molar-refractivity contribution in [1.29, 1.82) is 0 Å². The molecular formula is C17H24N2O3. The van der Waals surface area contributed by atoms with E-state index in [-0.39, 0.29) is 12.5 Å². The number of carbonyl (C=O) groups is 1. The molecule has 0 bridgehead atoms. The van der Waals surface area contributed by atoms with Gasteiger partial charge in [0.1, 0.15) is 5.75 Å². The second kappa shape index (κ2) is 6.67. The summed E-state index contributed by atoms with van der Waals surface area (Å²) in [6.45, 7) is 5.86. The predicted molar refractivity (Wildman–Crippen MR) is 85.2 cm³/mol. The lowest BCUT2D eigenvalue weighted by atomic mass is 10.0. The van der Waals surface area contributed by atoms with Crippen LogP contribution in [0.1, 0.15) is 37.9 Å². The lowest BCUT2D eigenvalue weighted by Gasteiger charge is -2.29. The highest BCUT2D eigenvalue weighted by Crippen LogP contribution is 2.35. The van der Waals surface area contributed by atoms with Crippen molar-refractivity contribution < 1.29 is 14.6 Å². The maximum Gasteiger partial charge on any atom is 0.265 e. The van der Waals surface area contributed by atoms with Crippen molar-refractivity contribution in [2.24, 2.45) is 0 Å². The van der Waals surface area contributed by atoms with Gasteiger partial charge in [0.05, 0.1) is 11.8 Å². The molecule has 2 heterocycles. The third kappa shape index (κ3) is 3.10. The van der Waals surface area contributed by atoms with Crippen LogP contribution in [0.4, 0.5) is 5.69 Å². The van der Waals surface area contributed by atoms with Crippen molar-refractivity contribution in [3.63, 3.8) is 0 Å². The van der Waals surface area contributed by atoms with Crippen LogP contribution in [-0.2, 0) is 4.79 Å². The van der Waals surface area contributed by atoms with E-state index in [1.54, 1.807) is 4.90 Å². The molecule has 120 valence electrons. The van der Waals surface area contributed by atoms with Crippen LogP contribution in [0.25, 0.3) is 0 Å². The van der Waals surface area contributed by atoms with E-state index in [0.29, 0.717) is 6.54 Å². The molecule has 1 saturated heterocycles.